The Morgan fingerprint density at radius 3 is 2.44 bits per heavy atom. The second-order valence-corrected chi connectivity index (χ2v) is 3.68. The van der Waals surface area contributed by atoms with E-state index >= 15 is 0 Å². The van der Waals surface area contributed by atoms with Gasteiger partial charge < -0.3 is 0 Å². The van der Waals surface area contributed by atoms with Gasteiger partial charge in [0, 0.05) is 0 Å². The Hall–Kier alpha value is -0.110. The van der Waals surface area contributed by atoms with Gasteiger partial charge in [0.2, 0.25) is 0 Å². The van der Waals surface area contributed by atoms with Crippen LogP contribution < -0.4 is 2.85 Å². The number of hydrogen-bond acceptors (Lipinski definition) is 1. The van der Waals surface area contributed by atoms with E-state index in [4.69, 9.17) is 2.85 Å². The number of hydrogen-bond donors (Lipinski definition) is 0. The quantitative estimate of drug-likeness (QED) is 0.741. The Bertz CT molecular complexity index is 162. The molecule has 9 heavy (non-hydrogen) atoms. The Kier molecular flexibility index (Phi) is 2.98. The van der Waals surface area contributed by atoms with Gasteiger partial charge in [-0.3, -0.25) is 0 Å². The van der Waals surface area contributed by atoms with Crippen LogP contribution >= 0.6 is 0 Å². The molecule has 0 aliphatic carbocycles. The Labute approximate surface area is 67.0 Å². The van der Waals surface area contributed by atoms with Gasteiger partial charge in [0.15, 0.2) is 0 Å². The van der Waals surface area contributed by atoms with Crippen molar-refractivity contribution >= 4 is 23.3 Å². The topological polar surface area (TPSA) is 9.23 Å². The zero-order valence-electron chi connectivity index (χ0n) is 5.37. The summed E-state index contributed by atoms with van der Waals surface area (Å²) >= 11 is -0.661. The first-order valence-electron chi connectivity index (χ1n) is 2.93. The summed E-state index contributed by atoms with van der Waals surface area (Å²) in [5, 5.41) is 0. The fraction of sp³-hybridized carbons (Fsp3) is 0.143. The molecule has 1 aromatic rings. The molecule has 0 fully saturated rings. The monoisotopic (exact) mass is 223 g/mol. The fourth-order valence-electron chi connectivity index (χ4n) is 0.635. The molecule has 0 aliphatic heterocycles. The van der Waals surface area contributed by atoms with Gasteiger partial charge in [-0.1, -0.05) is 0 Å². The van der Waals surface area contributed by atoms with Crippen LogP contribution in [0.1, 0.15) is 0 Å². The van der Waals surface area contributed by atoms with E-state index in [1.54, 1.807) is 0 Å². The first kappa shape index (κ1) is 7.00. The van der Waals surface area contributed by atoms with Crippen LogP contribution in [0.2, 0.25) is 4.68 Å². The number of para-hydroxylation sites is 1. The van der Waals surface area contributed by atoms with E-state index in [9.17, 15) is 0 Å². The SMILES string of the molecule is [CH3][In][O]c1ccccc1. The van der Waals surface area contributed by atoms with Gasteiger partial charge in [0.1, 0.15) is 0 Å². The van der Waals surface area contributed by atoms with E-state index in [1.807, 2.05) is 30.3 Å². The van der Waals surface area contributed by atoms with Gasteiger partial charge in [-0.2, -0.15) is 0 Å². The van der Waals surface area contributed by atoms with E-state index in [1.165, 1.54) is 0 Å². The molecule has 1 aromatic carbocycles. The molecule has 1 nitrogen and oxygen atoms in total. The third kappa shape index (κ3) is 2.31. The second kappa shape index (κ2) is 3.83. The Morgan fingerprint density at radius 1 is 1.22 bits per heavy atom. The third-order valence-corrected chi connectivity index (χ3v) is 2.45. The fourth-order valence-corrected chi connectivity index (χ4v) is 1.86. The summed E-state index contributed by atoms with van der Waals surface area (Å²) in [4.78, 5) is 0. The van der Waals surface area contributed by atoms with Gasteiger partial charge in [-0.15, -0.1) is 0 Å². The van der Waals surface area contributed by atoms with E-state index in [2.05, 4.69) is 4.68 Å². The zero-order valence-corrected chi connectivity index (χ0v) is 8.67. The van der Waals surface area contributed by atoms with E-state index in [0.29, 0.717) is 0 Å². The summed E-state index contributed by atoms with van der Waals surface area (Å²) in [6.07, 6.45) is 0. The van der Waals surface area contributed by atoms with Crippen molar-refractivity contribution in [1.82, 2.24) is 0 Å². The summed E-state index contributed by atoms with van der Waals surface area (Å²) < 4.78 is 7.56. The Balaban J connectivity index is 2.61. The zero-order chi connectivity index (χ0) is 6.53. The van der Waals surface area contributed by atoms with Gasteiger partial charge in [0.25, 0.3) is 0 Å². The maximum atomic E-state index is 5.40. The van der Waals surface area contributed by atoms with E-state index in [-0.39, 0.29) is 0 Å². The molecule has 0 spiro atoms. The summed E-state index contributed by atoms with van der Waals surface area (Å²) in [5.41, 5.74) is 0. The van der Waals surface area contributed by atoms with E-state index < -0.39 is 23.3 Å². The minimum absolute atomic E-state index is 0.661. The van der Waals surface area contributed by atoms with Gasteiger partial charge in [-0.25, -0.2) is 0 Å². The summed E-state index contributed by atoms with van der Waals surface area (Å²) in [7, 11) is 0. The van der Waals surface area contributed by atoms with Crippen molar-refractivity contribution in [2.24, 2.45) is 0 Å². The average molecular weight is 223 g/mol. The number of rotatable bonds is 2. The summed E-state index contributed by atoms with van der Waals surface area (Å²) in [6, 6.07) is 9.97. The van der Waals surface area contributed by atoms with Crippen LogP contribution in [-0.4, -0.2) is 23.3 Å². The normalized spacial score (nSPS) is 8.56. The summed E-state index contributed by atoms with van der Waals surface area (Å²) in [5.74, 6) is 1.03. The van der Waals surface area contributed by atoms with E-state index in [0.717, 1.165) is 5.75 Å². The Morgan fingerprint density at radius 2 is 1.89 bits per heavy atom. The molecule has 0 heterocycles. The van der Waals surface area contributed by atoms with Gasteiger partial charge in [-0.05, 0) is 0 Å². The first-order chi connectivity index (χ1) is 4.43. The molecule has 0 atom stereocenters. The van der Waals surface area contributed by atoms with Crippen LogP contribution in [0.4, 0.5) is 0 Å². The average Bonchev–Trinajstić information content (AvgIpc) is 1.91. The van der Waals surface area contributed by atoms with Crippen LogP contribution in [0, 0.1) is 0 Å². The standard InChI is InChI=1S/C6H6O.CH3.In/c7-6-4-2-1-3-5-6;;/h1-5,7H;1H3;/q;;+1/p-1. The van der Waals surface area contributed by atoms with Gasteiger partial charge >= 0.3 is 67.0 Å². The van der Waals surface area contributed by atoms with Crippen molar-refractivity contribution in [2.45, 2.75) is 4.68 Å². The van der Waals surface area contributed by atoms with Crippen LogP contribution in [-0.2, 0) is 0 Å². The molecule has 45 valence electrons. The molecule has 0 bridgehead atoms. The molecule has 0 aromatic heterocycles. The van der Waals surface area contributed by atoms with Crippen molar-refractivity contribution in [3.8, 4) is 5.75 Å². The van der Waals surface area contributed by atoms with Crippen molar-refractivity contribution in [2.75, 3.05) is 0 Å². The minimum atomic E-state index is -0.661. The van der Waals surface area contributed by atoms with Crippen molar-refractivity contribution in [3.63, 3.8) is 0 Å². The molecule has 2 heteroatoms. The van der Waals surface area contributed by atoms with Crippen molar-refractivity contribution < 1.29 is 2.85 Å². The molecule has 0 N–H and O–H groups in total. The molecule has 0 unspecified atom stereocenters. The van der Waals surface area contributed by atoms with Crippen LogP contribution in [0.5, 0.6) is 5.75 Å². The van der Waals surface area contributed by atoms with Crippen LogP contribution in [0.3, 0.4) is 0 Å². The predicted molar refractivity (Wildman–Crippen MR) is 38.7 cm³/mol. The first-order valence-corrected chi connectivity index (χ1v) is 7.57. The summed E-state index contributed by atoms with van der Waals surface area (Å²) in [6.45, 7) is 0. The number of benzene rings is 1. The molecular weight excluding hydrogens is 215 g/mol. The molecular formula is C7H8InO. The maximum absolute atomic E-state index is 5.40. The molecule has 0 saturated carbocycles. The predicted octanol–water partition coefficient (Wildman–Crippen LogP) is 1.73. The van der Waals surface area contributed by atoms with Gasteiger partial charge in [0.05, 0.1) is 0 Å². The molecule has 0 saturated heterocycles. The molecule has 1 rings (SSSR count). The van der Waals surface area contributed by atoms with Crippen molar-refractivity contribution in [3.05, 3.63) is 30.3 Å². The van der Waals surface area contributed by atoms with Crippen LogP contribution in [0.15, 0.2) is 30.3 Å². The molecule has 0 amide bonds. The molecule has 0 aliphatic rings. The third-order valence-electron chi connectivity index (χ3n) is 0.997. The van der Waals surface area contributed by atoms with Crippen molar-refractivity contribution in [1.29, 1.82) is 0 Å². The second-order valence-electron chi connectivity index (χ2n) is 1.67. The van der Waals surface area contributed by atoms with Crippen LogP contribution in [0.25, 0.3) is 0 Å². The molecule has 1 radical (unpaired) electrons.